The zero-order valence-corrected chi connectivity index (χ0v) is 30.1. The summed E-state index contributed by atoms with van der Waals surface area (Å²) in [5.41, 5.74) is -6.54. The maximum atomic E-state index is 16.3. The van der Waals surface area contributed by atoms with Crippen molar-refractivity contribution in [1.82, 2.24) is 0 Å². The van der Waals surface area contributed by atoms with Gasteiger partial charge in [0.15, 0.2) is 0 Å². The molecule has 0 N–H and O–H groups in total. The molecule has 14 heteroatoms. The molecule has 1 fully saturated rings. The Balaban J connectivity index is 2.13. The first-order valence-corrected chi connectivity index (χ1v) is 17.3. The lowest BCUT2D eigenvalue weighted by Crippen LogP contribution is -2.85. The van der Waals surface area contributed by atoms with Crippen LogP contribution in [0.2, 0.25) is 0 Å². The molecule has 0 unspecified atom stereocenters. The van der Waals surface area contributed by atoms with Gasteiger partial charge in [-0.3, -0.25) is 0 Å². The summed E-state index contributed by atoms with van der Waals surface area (Å²) in [5.74, 6) is -40.8. The summed E-state index contributed by atoms with van der Waals surface area (Å²) >= 11 is 0. The van der Waals surface area contributed by atoms with E-state index in [1.165, 1.54) is 72.8 Å². The molecule has 0 atom stereocenters. The monoisotopic (exact) mass is 756 g/mol. The van der Waals surface area contributed by atoms with Crippen molar-refractivity contribution < 1.29 is 57.3 Å². The summed E-state index contributed by atoms with van der Waals surface area (Å²) in [6, 6.07) is 17.0. The SMILES string of the molecule is CC(C)(C)c1ccc(S(OC(=O)C2(F)C(F)(F)C(F)(F)C(F)(F)C(F)(F)C2(F)F)(c2ccc(C(C)(C)C)cc2)c2ccc(C(C)(C)C)cc2)cc1. The zero-order valence-electron chi connectivity index (χ0n) is 29.3. The van der Waals surface area contributed by atoms with Crippen LogP contribution >= 0.6 is 10.3 Å². The van der Waals surface area contributed by atoms with Crippen molar-refractivity contribution in [3.05, 3.63) is 89.5 Å². The van der Waals surface area contributed by atoms with Crippen LogP contribution in [0.5, 0.6) is 0 Å². The normalized spacial score (nSPS) is 21.1. The molecule has 0 heterocycles. The fourth-order valence-electron chi connectivity index (χ4n) is 5.64. The molecule has 3 aromatic rings. The second-order valence-electron chi connectivity index (χ2n) is 15.8. The van der Waals surface area contributed by atoms with E-state index in [4.69, 9.17) is 4.18 Å². The number of hydrogen-bond acceptors (Lipinski definition) is 2. The van der Waals surface area contributed by atoms with Gasteiger partial charge in [0.1, 0.15) is 0 Å². The Kier molecular flexibility index (Phi) is 9.41. The highest BCUT2D eigenvalue weighted by molar-refractivity contribution is 8.30. The molecule has 0 radical (unpaired) electrons. The minimum Gasteiger partial charge on any atom is -0.399 e. The Morgan fingerprint density at radius 2 is 0.647 bits per heavy atom. The Morgan fingerprint density at radius 1 is 0.431 bits per heavy atom. The van der Waals surface area contributed by atoms with Crippen LogP contribution in [-0.4, -0.2) is 41.3 Å². The van der Waals surface area contributed by atoms with Crippen molar-refractivity contribution in [3.8, 4) is 0 Å². The maximum absolute atomic E-state index is 16.3. The average molecular weight is 757 g/mol. The summed E-state index contributed by atoms with van der Waals surface area (Å²) in [7, 11) is -4.14. The third-order valence-electron chi connectivity index (χ3n) is 9.08. The average Bonchev–Trinajstić information content (AvgIpc) is 3.01. The number of alkyl halides is 11. The lowest BCUT2D eigenvalue weighted by molar-refractivity contribution is -0.477. The second kappa shape index (κ2) is 11.9. The van der Waals surface area contributed by atoms with Gasteiger partial charge < -0.3 is 4.18 Å². The topological polar surface area (TPSA) is 26.3 Å². The van der Waals surface area contributed by atoms with E-state index < -0.39 is 67.8 Å². The molecule has 4 rings (SSSR count). The van der Waals surface area contributed by atoms with Crippen LogP contribution in [0.3, 0.4) is 0 Å². The Bertz CT molecular complexity index is 1590. The molecule has 1 saturated carbocycles. The van der Waals surface area contributed by atoms with Crippen molar-refractivity contribution in [2.75, 3.05) is 0 Å². The Labute approximate surface area is 291 Å². The number of carbonyl (C=O) groups excluding carboxylic acids is 1. The van der Waals surface area contributed by atoms with Crippen LogP contribution in [0.15, 0.2) is 87.5 Å². The van der Waals surface area contributed by atoms with Crippen molar-refractivity contribution in [3.63, 3.8) is 0 Å². The number of carbonyl (C=O) groups is 1. The molecule has 0 aliphatic heterocycles. The molecule has 0 amide bonds. The van der Waals surface area contributed by atoms with Gasteiger partial charge in [-0.25, -0.2) is 9.18 Å². The van der Waals surface area contributed by atoms with Crippen LogP contribution in [0.4, 0.5) is 48.3 Å². The van der Waals surface area contributed by atoms with E-state index in [0.717, 1.165) is 0 Å². The van der Waals surface area contributed by atoms with Gasteiger partial charge in [-0.05, 0) is 79.6 Å². The molecule has 0 spiro atoms. The predicted molar refractivity (Wildman–Crippen MR) is 172 cm³/mol. The molecular weight excluding hydrogens is 717 g/mol. The lowest BCUT2D eigenvalue weighted by atomic mass is 9.72. The highest BCUT2D eigenvalue weighted by Gasteiger charge is 3.03. The van der Waals surface area contributed by atoms with Crippen LogP contribution in [0, 0.1) is 0 Å². The Hall–Kier alpha value is -3.29. The molecule has 282 valence electrons. The van der Waals surface area contributed by atoms with Crippen LogP contribution in [0.1, 0.15) is 79.0 Å². The van der Waals surface area contributed by atoms with Gasteiger partial charge in [-0.1, -0.05) is 98.7 Å². The third-order valence-corrected chi connectivity index (χ3v) is 12.3. The van der Waals surface area contributed by atoms with E-state index in [1.54, 1.807) is 0 Å². The summed E-state index contributed by atoms with van der Waals surface area (Å²) in [6.45, 7) is 16.5. The number of rotatable bonds is 5. The molecule has 1 aliphatic carbocycles. The summed E-state index contributed by atoms with van der Waals surface area (Å²) in [4.78, 5) is 13.3. The predicted octanol–water partition coefficient (Wildman–Crippen LogP) is 12.2. The lowest BCUT2D eigenvalue weighted by Gasteiger charge is -2.52. The molecule has 0 bridgehead atoms. The highest BCUT2D eigenvalue weighted by Crippen LogP contribution is 2.74. The Morgan fingerprint density at radius 3 is 0.863 bits per heavy atom. The quantitative estimate of drug-likeness (QED) is 0.242. The van der Waals surface area contributed by atoms with Gasteiger partial charge in [0, 0.05) is 14.7 Å². The van der Waals surface area contributed by atoms with Gasteiger partial charge in [0.05, 0.1) is 0 Å². The van der Waals surface area contributed by atoms with Gasteiger partial charge in [-0.2, -0.15) is 43.9 Å². The zero-order chi connectivity index (χ0) is 39.2. The van der Waals surface area contributed by atoms with E-state index in [2.05, 4.69) is 0 Å². The molecular formula is C37H39F11O2S. The van der Waals surface area contributed by atoms with E-state index in [0.29, 0.717) is 16.7 Å². The first-order chi connectivity index (χ1) is 22.8. The standard InChI is InChI=1S/C37H39F11O2S/c1-29(2,3)22-10-16-25(17-11-22)51(26-18-12-23(13-19-26)30(4,5)6,27-20-14-24(15-21-27)31(7,8)9)50-28(49)32(38)33(39,40)35(43,44)37(47,48)36(45,46)34(32,41)42/h10-21H,1-9H3. The van der Waals surface area contributed by atoms with Crippen LogP contribution in [0.25, 0.3) is 0 Å². The molecule has 0 saturated heterocycles. The largest absolute Gasteiger partial charge is 0.399 e. The first kappa shape index (κ1) is 40.5. The smallest absolute Gasteiger partial charge is 0.384 e. The summed E-state index contributed by atoms with van der Waals surface area (Å²) in [6.07, 6.45) is 0. The highest BCUT2D eigenvalue weighted by atomic mass is 32.3. The van der Waals surface area contributed by atoms with Crippen molar-refractivity contribution in [1.29, 1.82) is 0 Å². The molecule has 1 aliphatic rings. The molecule has 2 nitrogen and oxygen atoms in total. The van der Waals surface area contributed by atoms with E-state index >= 15 is 22.0 Å². The van der Waals surface area contributed by atoms with Gasteiger partial charge >= 0.3 is 41.3 Å². The number of benzene rings is 3. The van der Waals surface area contributed by atoms with Gasteiger partial charge in [0.2, 0.25) is 0 Å². The third kappa shape index (κ3) is 5.72. The summed E-state index contributed by atoms with van der Waals surface area (Å²) in [5, 5.41) is 0. The fraction of sp³-hybridized carbons (Fsp3) is 0.486. The molecule has 0 aromatic heterocycles. The molecule has 51 heavy (non-hydrogen) atoms. The van der Waals surface area contributed by atoms with E-state index in [-0.39, 0.29) is 14.7 Å². The second-order valence-corrected chi connectivity index (χ2v) is 18.5. The van der Waals surface area contributed by atoms with Gasteiger partial charge in [-0.15, -0.1) is 0 Å². The van der Waals surface area contributed by atoms with Crippen LogP contribution < -0.4 is 0 Å². The molecule has 3 aromatic carbocycles. The van der Waals surface area contributed by atoms with Crippen LogP contribution in [-0.2, 0) is 25.2 Å². The van der Waals surface area contributed by atoms with Crippen molar-refractivity contribution in [2.45, 2.75) is 129 Å². The van der Waals surface area contributed by atoms with E-state index in [1.807, 2.05) is 62.3 Å². The number of halogens is 11. The minimum absolute atomic E-state index is 0.147. The van der Waals surface area contributed by atoms with Crippen molar-refractivity contribution >= 4 is 16.3 Å². The maximum Gasteiger partial charge on any atom is 0.384 e. The van der Waals surface area contributed by atoms with Crippen molar-refractivity contribution in [2.24, 2.45) is 0 Å². The summed E-state index contributed by atoms with van der Waals surface area (Å²) < 4.78 is 169. The minimum atomic E-state index is -7.48. The number of hydrogen-bond donors (Lipinski definition) is 0. The van der Waals surface area contributed by atoms with Gasteiger partial charge in [0.25, 0.3) is 0 Å². The first-order valence-electron chi connectivity index (χ1n) is 15.7. The fourth-order valence-corrected chi connectivity index (χ4v) is 8.65. The van der Waals surface area contributed by atoms with E-state index in [9.17, 15) is 31.1 Å².